The number of thiophene rings is 1. The average molecular weight is 421 g/mol. The maximum atomic E-state index is 13.4. The van der Waals surface area contributed by atoms with Gasteiger partial charge in [0.2, 0.25) is 0 Å². The van der Waals surface area contributed by atoms with Crippen LogP contribution in [0.25, 0.3) is 10.6 Å². The quantitative estimate of drug-likeness (QED) is 0.642. The molecule has 4 rings (SSSR count). The van der Waals surface area contributed by atoms with E-state index >= 15 is 0 Å². The molecule has 1 fully saturated rings. The van der Waals surface area contributed by atoms with Gasteiger partial charge in [-0.15, -0.1) is 11.3 Å². The van der Waals surface area contributed by atoms with Gasteiger partial charge in [0.15, 0.2) is 0 Å². The summed E-state index contributed by atoms with van der Waals surface area (Å²) in [6.07, 6.45) is -1.73. The van der Waals surface area contributed by atoms with E-state index in [4.69, 9.17) is 0 Å². The number of carbonyl (C=O) groups is 1. The molecule has 6 nitrogen and oxygen atoms in total. The van der Waals surface area contributed by atoms with E-state index in [1.807, 2.05) is 0 Å². The summed E-state index contributed by atoms with van der Waals surface area (Å²) in [6.45, 7) is 0.812. The highest BCUT2D eigenvalue weighted by atomic mass is 32.1. The lowest BCUT2D eigenvalue weighted by atomic mass is 9.96. The van der Waals surface area contributed by atoms with Gasteiger partial charge in [-0.25, -0.2) is 9.97 Å². The fourth-order valence-electron chi connectivity index (χ4n) is 3.46. The van der Waals surface area contributed by atoms with E-state index in [9.17, 15) is 18.0 Å². The number of likely N-dealkylation sites (tertiary alicyclic amines) is 1. The summed E-state index contributed by atoms with van der Waals surface area (Å²) in [5.74, 6) is -0.423. The molecule has 10 heteroatoms. The summed E-state index contributed by atoms with van der Waals surface area (Å²) in [7, 11) is 1.68. The van der Waals surface area contributed by atoms with Gasteiger partial charge in [0, 0.05) is 32.3 Å². The molecule has 0 bridgehead atoms. The van der Waals surface area contributed by atoms with Crippen molar-refractivity contribution in [1.82, 2.24) is 24.6 Å². The molecule has 0 spiro atoms. The topological polar surface area (TPSA) is 63.9 Å². The van der Waals surface area contributed by atoms with Crippen molar-refractivity contribution in [3.8, 4) is 10.6 Å². The van der Waals surface area contributed by atoms with E-state index in [1.165, 1.54) is 22.2 Å². The van der Waals surface area contributed by atoms with Gasteiger partial charge in [0.25, 0.3) is 5.91 Å². The predicted molar refractivity (Wildman–Crippen MR) is 101 cm³/mol. The fourth-order valence-corrected chi connectivity index (χ4v) is 4.15. The summed E-state index contributed by atoms with van der Waals surface area (Å²) in [5, 5.41) is 5.80. The van der Waals surface area contributed by atoms with Gasteiger partial charge >= 0.3 is 6.18 Å². The summed E-state index contributed by atoms with van der Waals surface area (Å²) in [4.78, 5) is 23.3. The Morgan fingerprint density at radius 3 is 2.76 bits per heavy atom. The van der Waals surface area contributed by atoms with E-state index in [0.717, 1.165) is 6.07 Å². The van der Waals surface area contributed by atoms with Crippen molar-refractivity contribution in [2.24, 2.45) is 7.05 Å². The summed E-state index contributed by atoms with van der Waals surface area (Å²) in [6, 6.07) is 6.11. The maximum Gasteiger partial charge on any atom is 0.433 e. The third-order valence-electron chi connectivity index (χ3n) is 4.92. The number of carbonyl (C=O) groups excluding carboxylic acids is 1. The van der Waals surface area contributed by atoms with Crippen molar-refractivity contribution in [3.63, 3.8) is 0 Å². The van der Waals surface area contributed by atoms with Gasteiger partial charge in [0.1, 0.15) is 17.2 Å². The smallest absolute Gasteiger partial charge is 0.337 e. The molecule has 4 heterocycles. The van der Waals surface area contributed by atoms with E-state index in [0.29, 0.717) is 30.0 Å². The van der Waals surface area contributed by atoms with Gasteiger partial charge in [-0.1, -0.05) is 6.07 Å². The molecule has 1 amide bonds. The summed E-state index contributed by atoms with van der Waals surface area (Å²) < 4.78 is 41.8. The molecule has 1 atom stereocenters. The van der Waals surface area contributed by atoms with Crippen LogP contribution in [-0.4, -0.2) is 43.6 Å². The van der Waals surface area contributed by atoms with Crippen LogP contribution in [0.15, 0.2) is 35.8 Å². The lowest BCUT2D eigenvalue weighted by molar-refractivity contribution is -0.141. The SMILES string of the molecule is Cn1nccc1C(=O)N1CCC[C@@H](c2nc(-c3cccs3)cc(C(F)(F)F)n2)C1. The van der Waals surface area contributed by atoms with Gasteiger partial charge in [0.05, 0.1) is 10.6 Å². The Morgan fingerprint density at radius 1 is 1.28 bits per heavy atom. The maximum absolute atomic E-state index is 13.4. The minimum atomic E-state index is -4.57. The molecule has 1 aliphatic rings. The number of halogens is 3. The number of alkyl halides is 3. The lowest BCUT2D eigenvalue weighted by Gasteiger charge is -2.32. The van der Waals surface area contributed by atoms with Crippen LogP contribution in [0, 0.1) is 0 Å². The Hall–Kier alpha value is -2.75. The first-order chi connectivity index (χ1) is 13.8. The zero-order chi connectivity index (χ0) is 20.6. The predicted octanol–water partition coefficient (Wildman–Crippen LogP) is 3.98. The average Bonchev–Trinajstić information content (AvgIpc) is 3.38. The van der Waals surface area contributed by atoms with Gasteiger partial charge in [-0.05, 0) is 36.4 Å². The van der Waals surface area contributed by atoms with Crippen molar-refractivity contribution in [2.75, 3.05) is 13.1 Å². The van der Waals surface area contributed by atoms with E-state index in [1.54, 1.807) is 35.5 Å². The highest BCUT2D eigenvalue weighted by Crippen LogP contribution is 2.34. The fraction of sp³-hybridized carbons (Fsp3) is 0.368. The molecule has 0 N–H and O–H groups in total. The molecule has 0 aliphatic carbocycles. The molecule has 0 unspecified atom stereocenters. The van der Waals surface area contributed by atoms with Crippen LogP contribution in [0.3, 0.4) is 0 Å². The van der Waals surface area contributed by atoms with Gasteiger partial charge in [-0.2, -0.15) is 18.3 Å². The number of hydrogen-bond donors (Lipinski definition) is 0. The molecule has 0 aromatic carbocycles. The highest BCUT2D eigenvalue weighted by Gasteiger charge is 2.36. The van der Waals surface area contributed by atoms with Crippen molar-refractivity contribution >= 4 is 17.2 Å². The summed E-state index contributed by atoms with van der Waals surface area (Å²) in [5.41, 5.74) is -0.261. The number of amides is 1. The van der Waals surface area contributed by atoms with Crippen LogP contribution in [0.5, 0.6) is 0 Å². The van der Waals surface area contributed by atoms with Crippen molar-refractivity contribution in [1.29, 1.82) is 0 Å². The standard InChI is InChI=1S/C19H18F3N5OS/c1-26-14(6-7-23-26)18(28)27-8-2-4-12(11-27)17-24-13(15-5-3-9-29-15)10-16(25-17)19(20,21)22/h3,5-7,9-10,12H,2,4,8,11H2,1H3/t12-/m1/s1. The summed E-state index contributed by atoms with van der Waals surface area (Å²) >= 11 is 1.32. The second-order valence-corrected chi connectivity index (χ2v) is 7.85. The molecule has 29 heavy (non-hydrogen) atoms. The first-order valence-corrected chi connectivity index (χ1v) is 9.98. The van der Waals surface area contributed by atoms with E-state index in [2.05, 4.69) is 15.1 Å². The molecular formula is C19H18F3N5OS. The molecule has 3 aromatic heterocycles. The van der Waals surface area contributed by atoms with Crippen molar-refractivity contribution in [2.45, 2.75) is 24.9 Å². The molecule has 1 saturated heterocycles. The minimum Gasteiger partial charge on any atom is -0.337 e. The van der Waals surface area contributed by atoms with Crippen LogP contribution < -0.4 is 0 Å². The monoisotopic (exact) mass is 421 g/mol. The third kappa shape index (κ3) is 4.02. The first-order valence-electron chi connectivity index (χ1n) is 9.10. The Labute approximate surface area is 169 Å². The van der Waals surface area contributed by atoms with E-state index in [-0.39, 0.29) is 29.9 Å². The molecule has 152 valence electrons. The number of rotatable bonds is 3. The minimum absolute atomic E-state index is 0.130. The Morgan fingerprint density at radius 2 is 2.10 bits per heavy atom. The van der Waals surface area contributed by atoms with Crippen LogP contribution in [0.4, 0.5) is 13.2 Å². The number of nitrogens with zero attached hydrogens (tertiary/aromatic N) is 5. The van der Waals surface area contributed by atoms with Gasteiger partial charge < -0.3 is 4.90 Å². The third-order valence-corrected chi connectivity index (χ3v) is 5.81. The number of hydrogen-bond acceptors (Lipinski definition) is 5. The Balaban J connectivity index is 1.65. The van der Waals surface area contributed by atoms with E-state index < -0.39 is 11.9 Å². The Kier molecular flexibility index (Phi) is 5.12. The van der Waals surface area contributed by atoms with Crippen molar-refractivity contribution in [3.05, 3.63) is 53.1 Å². The number of aryl methyl sites for hydroxylation is 1. The van der Waals surface area contributed by atoms with Crippen LogP contribution in [0.1, 0.15) is 40.8 Å². The Bertz CT molecular complexity index is 1020. The molecule has 0 radical (unpaired) electrons. The van der Waals surface area contributed by atoms with Crippen molar-refractivity contribution < 1.29 is 18.0 Å². The zero-order valence-corrected chi connectivity index (χ0v) is 16.4. The second kappa shape index (κ2) is 7.58. The second-order valence-electron chi connectivity index (χ2n) is 6.90. The lowest BCUT2D eigenvalue weighted by Crippen LogP contribution is -2.40. The zero-order valence-electron chi connectivity index (χ0n) is 15.6. The number of aromatic nitrogens is 4. The van der Waals surface area contributed by atoms with Crippen LogP contribution >= 0.6 is 11.3 Å². The molecular weight excluding hydrogens is 403 g/mol. The molecule has 0 saturated carbocycles. The van der Waals surface area contributed by atoms with Crippen LogP contribution in [-0.2, 0) is 13.2 Å². The van der Waals surface area contributed by atoms with Gasteiger partial charge in [-0.3, -0.25) is 9.48 Å². The largest absolute Gasteiger partial charge is 0.433 e. The molecule has 1 aliphatic heterocycles. The normalized spacial score (nSPS) is 17.5. The highest BCUT2D eigenvalue weighted by molar-refractivity contribution is 7.13. The van der Waals surface area contributed by atoms with Crippen LogP contribution in [0.2, 0.25) is 0 Å². The molecule has 3 aromatic rings. The number of piperidine rings is 1. The first kappa shape index (κ1) is 19.6.